The van der Waals surface area contributed by atoms with Crippen molar-refractivity contribution < 1.29 is 14.6 Å². The van der Waals surface area contributed by atoms with Gasteiger partial charge in [-0.2, -0.15) is 0 Å². The quantitative estimate of drug-likeness (QED) is 0.736. The molecule has 0 aromatic carbocycles. The van der Waals surface area contributed by atoms with Gasteiger partial charge in [0, 0.05) is 39.3 Å². The van der Waals surface area contributed by atoms with E-state index in [4.69, 9.17) is 9.84 Å². The summed E-state index contributed by atoms with van der Waals surface area (Å²) < 4.78 is 5.11. The Labute approximate surface area is 109 Å². The fraction of sp³-hybridized carbons (Fsp3) is 0.909. The molecule has 1 amide bonds. The van der Waals surface area contributed by atoms with E-state index >= 15 is 0 Å². The van der Waals surface area contributed by atoms with Gasteiger partial charge in [0.15, 0.2) is 0 Å². The number of ether oxygens (including phenoxy) is 1. The number of aliphatic hydroxyl groups excluding tert-OH is 1. The molecule has 0 bridgehead atoms. The molecule has 0 aromatic rings. The summed E-state index contributed by atoms with van der Waals surface area (Å²) in [7, 11) is 1.62. The van der Waals surface area contributed by atoms with Gasteiger partial charge in [-0.3, -0.25) is 4.79 Å². The van der Waals surface area contributed by atoms with Crippen LogP contribution in [0.2, 0.25) is 0 Å². The van der Waals surface area contributed by atoms with Gasteiger partial charge >= 0.3 is 0 Å². The van der Waals surface area contributed by atoms with E-state index in [0.29, 0.717) is 32.0 Å². The molecule has 1 rings (SSSR count). The van der Waals surface area contributed by atoms with Crippen LogP contribution < -0.4 is 5.32 Å². The molecule has 1 aliphatic heterocycles. The highest BCUT2D eigenvalue weighted by atomic mass is 35.5. The lowest BCUT2D eigenvalue weighted by Crippen LogP contribution is -2.46. The number of nitrogens with zero attached hydrogens (tertiary/aromatic N) is 1. The van der Waals surface area contributed by atoms with Crippen LogP contribution in [0.3, 0.4) is 0 Å². The Morgan fingerprint density at radius 2 is 2.35 bits per heavy atom. The summed E-state index contributed by atoms with van der Waals surface area (Å²) in [4.78, 5) is 13.7. The number of carbonyl (C=O) groups excluding carboxylic acids is 1. The summed E-state index contributed by atoms with van der Waals surface area (Å²) >= 11 is 0. The first kappa shape index (κ1) is 16.6. The highest BCUT2D eigenvalue weighted by Gasteiger charge is 2.26. The van der Waals surface area contributed by atoms with E-state index in [9.17, 15) is 4.79 Å². The lowest BCUT2D eigenvalue weighted by molar-refractivity contribution is -0.134. The zero-order valence-electron chi connectivity index (χ0n) is 10.5. The third kappa shape index (κ3) is 5.21. The molecule has 1 saturated heterocycles. The van der Waals surface area contributed by atoms with Gasteiger partial charge in [-0.15, -0.1) is 12.4 Å². The molecule has 6 heteroatoms. The Kier molecular flexibility index (Phi) is 8.51. The molecule has 2 atom stereocenters. The standard InChI is InChI=1S/C11H22N2O3.ClH/c1-9-7-13(11(15)3-5-12-9)10(4-6-14)8-16-2;/h9-10,12,14H,3-8H2,1-2H3;1H/t9-,10+;/m1./s1. The molecule has 0 aromatic heterocycles. The first-order valence-electron chi connectivity index (χ1n) is 5.81. The van der Waals surface area contributed by atoms with Gasteiger partial charge in [0.2, 0.25) is 5.91 Å². The van der Waals surface area contributed by atoms with Crippen LogP contribution in [0.15, 0.2) is 0 Å². The van der Waals surface area contributed by atoms with Crippen molar-refractivity contribution in [3.8, 4) is 0 Å². The second-order valence-corrected chi connectivity index (χ2v) is 4.27. The third-order valence-corrected chi connectivity index (χ3v) is 2.88. The van der Waals surface area contributed by atoms with Crippen LogP contribution in [-0.2, 0) is 9.53 Å². The summed E-state index contributed by atoms with van der Waals surface area (Å²) in [5, 5.41) is 12.3. The molecule has 1 heterocycles. The lowest BCUT2D eigenvalue weighted by atomic mass is 10.1. The van der Waals surface area contributed by atoms with Crippen LogP contribution in [0, 0.1) is 0 Å². The van der Waals surface area contributed by atoms with E-state index in [-0.39, 0.29) is 31.0 Å². The maximum absolute atomic E-state index is 11.9. The largest absolute Gasteiger partial charge is 0.396 e. The molecule has 0 saturated carbocycles. The molecule has 5 nitrogen and oxygen atoms in total. The van der Waals surface area contributed by atoms with E-state index in [1.165, 1.54) is 0 Å². The van der Waals surface area contributed by atoms with Gasteiger partial charge < -0.3 is 20.1 Å². The van der Waals surface area contributed by atoms with Crippen LogP contribution in [-0.4, -0.2) is 61.4 Å². The molecule has 1 fully saturated rings. The minimum absolute atomic E-state index is 0. The summed E-state index contributed by atoms with van der Waals surface area (Å²) in [5.41, 5.74) is 0. The first-order valence-corrected chi connectivity index (χ1v) is 5.81. The fourth-order valence-corrected chi connectivity index (χ4v) is 2.05. The van der Waals surface area contributed by atoms with Crippen molar-refractivity contribution in [2.24, 2.45) is 0 Å². The molecule has 0 spiro atoms. The van der Waals surface area contributed by atoms with Crippen LogP contribution in [0.4, 0.5) is 0 Å². The molecular weight excluding hydrogens is 244 g/mol. The van der Waals surface area contributed by atoms with E-state index in [0.717, 1.165) is 6.54 Å². The van der Waals surface area contributed by atoms with Crippen molar-refractivity contribution in [1.29, 1.82) is 0 Å². The fourth-order valence-electron chi connectivity index (χ4n) is 2.05. The van der Waals surface area contributed by atoms with E-state index in [1.807, 2.05) is 4.90 Å². The van der Waals surface area contributed by atoms with Crippen LogP contribution in [0.5, 0.6) is 0 Å². The molecule has 1 aliphatic rings. The Morgan fingerprint density at radius 3 is 2.94 bits per heavy atom. The van der Waals surface area contributed by atoms with Gasteiger partial charge in [0.05, 0.1) is 12.6 Å². The first-order chi connectivity index (χ1) is 7.69. The summed E-state index contributed by atoms with van der Waals surface area (Å²) in [6, 6.07) is 0.286. The number of halogens is 1. The Bertz CT molecular complexity index is 223. The van der Waals surface area contributed by atoms with Gasteiger partial charge in [0.1, 0.15) is 0 Å². The van der Waals surface area contributed by atoms with Crippen molar-refractivity contribution >= 4 is 18.3 Å². The minimum atomic E-state index is -0.00940. The van der Waals surface area contributed by atoms with Crippen LogP contribution in [0.25, 0.3) is 0 Å². The van der Waals surface area contributed by atoms with Crippen molar-refractivity contribution in [1.82, 2.24) is 10.2 Å². The zero-order chi connectivity index (χ0) is 12.0. The highest BCUT2D eigenvalue weighted by molar-refractivity contribution is 5.85. The number of nitrogens with one attached hydrogen (secondary N) is 1. The van der Waals surface area contributed by atoms with Crippen LogP contribution in [0.1, 0.15) is 19.8 Å². The molecule has 0 unspecified atom stereocenters. The van der Waals surface area contributed by atoms with Crippen molar-refractivity contribution in [3.05, 3.63) is 0 Å². The Morgan fingerprint density at radius 1 is 1.65 bits per heavy atom. The monoisotopic (exact) mass is 266 g/mol. The molecule has 0 radical (unpaired) electrons. The SMILES string of the molecule is COC[C@H](CCO)N1C[C@@H](C)NCCC1=O.Cl. The summed E-state index contributed by atoms with van der Waals surface area (Å²) in [6.07, 6.45) is 1.10. The number of methoxy groups -OCH3 is 1. The molecular formula is C11H23ClN2O3. The average molecular weight is 267 g/mol. The smallest absolute Gasteiger partial charge is 0.224 e. The normalized spacial score (nSPS) is 22.9. The van der Waals surface area contributed by atoms with Crippen molar-refractivity contribution in [2.75, 3.05) is 33.4 Å². The maximum atomic E-state index is 11.9. The second kappa shape index (κ2) is 8.69. The van der Waals surface area contributed by atoms with Crippen molar-refractivity contribution in [3.63, 3.8) is 0 Å². The van der Waals surface area contributed by atoms with Gasteiger partial charge in [-0.05, 0) is 13.3 Å². The van der Waals surface area contributed by atoms with Gasteiger partial charge in [0.25, 0.3) is 0 Å². The predicted octanol–water partition coefficient (Wildman–Crippen LogP) is 0.0160. The summed E-state index contributed by atoms with van der Waals surface area (Å²) in [5.74, 6) is 0.146. The molecule has 17 heavy (non-hydrogen) atoms. The van der Waals surface area contributed by atoms with Gasteiger partial charge in [-0.25, -0.2) is 0 Å². The predicted molar refractivity (Wildman–Crippen MR) is 68.4 cm³/mol. The number of rotatable bonds is 5. The number of aliphatic hydroxyl groups is 1. The van der Waals surface area contributed by atoms with E-state index in [1.54, 1.807) is 7.11 Å². The zero-order valence-corrected chi connectivity index (χ0v) is 11.3. The van der Waals surface area contributed by atoms with Crippen LogP contribution >= 0.6 is 12.4 Å². The summed E-state index contributed by atoms with van der Waals surface area (Å²) in [6.45, 7) is 4.05. The topological polar surface area (TPSA) is 61.8 Å². The second-order valence-electron chi connectivity index (χ2n) is 4.27. The van der Waals surface area contributed by atoms with E-state index < -0.39 is 0 Å². The molecule has 0 aliphatic carbocycles. The van der Waals surface area contributed by atoms with E-state index in [2.05, 4.69) is 12.2 Å². The number of hydrogen-bond donors (Lipinski definition) is 2. The Balaban J connectivity index is 0.00000256. The third-order valence-electron chi connectivity index (χ3n) is 2.88. The number of carbonyl (C=O) groups is 1. The minimum Gasteiger partial charge on any atom is -0.396 e. The lowest BCUT2D eigenvalue weighted by Gasteiger charge is -2.31. The number of hydrogen-bond acceptors (Lipinski definition) is 4. The highest BCUT2D eigenvalue weighted by Crippen LogP contribution is 2.10. The van der Waals surface area contributed by atoms with Crippen molar-refractivity contribution in [2.45, 2.75) is 31.8 Å². The number of amides is 1. The average Bonchev–Trinajstić information content (AvgIpc) is 2.40. The Hall–Kier alpha value is -0.360. The molecule has 2 N–H and O–H groups in total. The van der Waals surface area contributed by atoms with Gasteiger partial charge in [-0.1, -0.05) is 0 Å². The maximum Gasteiger partial charge on any atom is 0.224 e. The molecule has 102 valence electrons.